The van der Waals surface area contributed by atoms with Crippen molar-refractivity contribution in [1.29, 1.82) is 5.41 Å². The Hall–Kier alpha value is -12.5. The van der Waals surface area contributed by atoms with Crippen LogP contribution in [-0.4, -0.2) is 259 Å². The number of primary amides is 1. The fraction of sp³-hybridized carbons (Fsp3) is 0.554. The molecule has 0 unspecified atom stereocenters. The second-order valence-electron chi connectivity index (χ2n) is 28.9. The van der Waals surface area contributed by atoms with E-state index in [1.807, 2.05) is 0 Å². The van der Waals surface area contributed by atoms with Crippen molar-refractivity contribution in [2.45, 2.75) is 211 Å². The first kappa shape index (κ1) is 99.7. The van der Waals surface area contributed by atoms with Gasteiger partial charge in [-0.1, -0.05) is 84.0 Å². The van der Waals surface area contributed by atoms with Crippen LogP contribution in [0.25, 0.3) is 0 Å². The first-order chi connectivity index (χ1) is 55.6. The minimum absolute atomic E-state index is 0.0415. The first-order valence-corrected chi connectivity index (χ1v) is 38.1. The number of H-pyrrole nitrogens is 1. The van der Waals surface area contributed by atoms with Gasteiger partial charge in [0.15, 0.2) is 5.96 Å². The highest BCUT2D eigenvalue weighted by Gasteiger charge is 2.39. The number of rotatable bonds is 53. The number of aliphatic hydroxyl groups excluding tert-OH is 2. The third kappa shape index (κ3) is 35.7. The number of carboxylic acids is 2. The Morgan fingerprint density at radius 3 is 1.36 bits per heavy atom. The monoisotopic (exact) mass is 1660 g/mol. The second-order valence-corrected chi connectivity index (χ2v) is 28.9. The highest BCUT2D eigenvalue weighted by atomic mass is 16.4. The molecule has 0 bridgehead atoms. The van der Waals surface area contributed by atoms with Gasteiger partial charge in [0.05, 0.1) is 32.5 Å². The van der Waals surface area contributed by atoms with Crippen LogP contribution >= 0.6 is 0 Å². The number of carbonyl (C=O) groups excluding carboxylic acids is 15. The predicted octanol–water partition coefficient (Wildman–Crippen LogP) is -7.90. The molecule has 44 nitrogen and oxygen atoms in total. The van der Waals surface area contributed by atoms with Crippen molar-refractivity contribution in [3.63, 3.8) is 0 Å². The minimum atomic E-state index is -1.91. The predicted molar refractivity (Wildman–Crippen MR) is 421 cm³/mol. The minimum Gasteiger partial charge on any atom is -0.508 e. The van der Waals surface area contributed by atoms with Crippen LogP contribution in [0, 0.1) is 23.2 Å². The first-order valence-electron chi connectivity index (χ1n) is 38.1. The average Bonchev–Trinajstić information content (AvgIpc) is 1.28. The van der Waals surface area contributed by atoms with Gasteiger partial charge in [0.25, 0.3) is 0 Å². The molecule has 0 fully saturated rings. The molecule has 0 aliphatic carbocycles. The molecule has 0 radical (unpaired) electrons. The van der Waals surface area contributed by atoms with E-state index in [0.717, 1.165) is 0 Å². The maximum Gasteiger partial charge on any atom is 0.326 e. The Bertz CT molecular complexity index is 3910. The van der Waals surface area contributed by atoms with Gasteiger partial charge in [-0.25, -0.2) is 9.78 Å². The number of carboxylic acid groups (broad SMARTS) is 2. The number of phenols is 1. The van der Waals surface area contributed by atoms with Crippen LogP contribution < -0.4 is 103 Å². The van der Waals surface area contributed by atoms with E-state index >= 15 is 0 Å². The van der Waals surface area contributed by atoms with E-state index in [4.69, 9.17) is 28.3 Å². The number of hydrogen-bond acceptors (Lipinski definition) is 24. The number of carbonyl (C=O) groups is 17. The molecule has 3 aromatic rings. The normalized spacial score (nSPS) is 14.7. The molecule has 1 heterocycles. The number of guanidine groups is 1. The molecule has 2 aromatic carbocycles. The Balaban J connectivity index is 1.83. The molecule has 118 heavy (non-hydrogen) atoms. The van der Waals surface area contributed by atoms with Gasteiger partial charge >= 0.3 is 11.9 Å². The number of amides is 15. The lowest BCUT2D eigenvalue weighted by Crippen LogP contribution is -2.62. The zero-order chi connectivity index (χ0) is 88.6. The molecule has 0 spiro atoms. The quantitative estimate of drug-likeness (QED) is 0.0142. The Morgan fingerprint density at radius 1 is 0.449 bits per heavy atom. The number of aliphatic carboxylic acids is 2. The van der Waals surface area contributed by atoms with Gasteiger partial charge in [0, 0.05) is 44.1 Å². The van der Waals surface area contributed by atoms with Crippen LogP contribution in [-0.2, 0) is 101 Å². The summed E-state index contributed by atoms with van der Waals surface area (Å²) < 4.78 is 0. The zero-order valence-electron chi connectivity index (χ0n) is 66.9. The van der Waals surface area contributed by atoms with E-state index < -0.39 is 242 Å². The summed E-state index contributed by atoms with van der Waals surface area (Å²) in [5, 5.41) is 93.5. The number of hydrogen-bond donors (Lipinski definition) is 26. The number of imidazole rings is 1. The third-order valence-electron chi connectivity index (χ3n) is 18.1. The molecule has 0 aliphatic rings. The van der Waals surface area contributed by atoms with Crippen molar-refractivity contribution in [3.8, 4) is 5.75 Å². The smallest absolute Gasteiger partial charge is 0.326 e. The molecule has 3 rings (SSSR count). The highest BCUT2D eigenvalue weighted by molar-refractivity contribution is 6.01. The summed E-state index contributed by atoms with van der Waals surface area (Å²) >= 11 is 0. The highest BCUT2D eigenvalue weighted by Crippen LogP contribution is 2.16. The molecule has 30 N–H and O–H groups in total. The Labute approximate surface area is 680 Å². The van der Waals surface area contributed by atoms with Crippen molar-refractivity contribution in [2.75, 3.05) is 32.8 Å². The molecule has 1 aromatic heterocycles. The van der Waals surface area contributed by atoms with Crippen LogP contribution in [0.2, 0.25) is 0 Å². The number of nitrogens with one attached hydrogen (secondary N) is 17. The number of unbranched alkanes of at least 4 members (excludes halogenated alkanes) is 1. The summed E-state index contributed by atoms with van der Waals surface area (Å²) in [5.41, 5.74) is 23.3. The van der Waals surface area contributed by atoms with Crippen molar-refractivity contribution in [3.05, 3.63) is 83.9 Å². The lowest BCUT2D eigenvalue weighted by molar-refractivity contribution is -0.142. The summed E-state index contributed by atoms with van der Waals surface area (Å²) in [6.45, 7) is 8.95. The van der Waals surface area contributed by atoms with Gasteiger partial charge < -0.3 is 133 Å². The molecular formula is C74H114N22O22. The molecule has 652 valence electrons. The molecule has 15 amide bonds. The van der Waals surface area contributed by atoms with Crippen molar-refractivity contribution in [2.24, 2.45) is 40.7 Å². The summed E-state index contributed by atoms with van der Waals surface area (Å²) in [4.78, 5) is 237. The number of aliphatic hydroxyl groups is 2. The fourth-order valence-electron chi connectivity index (χ4n) is 11.3. The maximum atomic E-state index is 14.7. The topological polar surface area (TPSA) is 728 Å². The number of aromatic nitrogens is 2. The van der Waals surface area contributed by atoms with Crippen LogP contribution in [0.5, 0.6) is 5.75 Å². The Morgan fingerprint density at radius 2 is 0.881 bits per heavy atom. The molecule has 0 aliphatic heterocycles. The number of aromatic hydroxyl groups is 1. The second kappa shape index (κ2) is 50.8. The lowest BCUT2D eigenvalue weighted by atomic mass is 9.99. The van der Waals surface area contributed by atoms with Crippen molar-refractivity contribution in [1.82, 2.24) is 89.7 Å². The van der Waals surface area contributed by atoms with Gasteiger partial charge in [-0.05, 0) is 99.9 Å². The zero-order valence-corrected chi connectivity index (χ0v) is 66.9. The molecular weight excluding hydrogens is 1550 g/mol. The summed E-state index contributed by atoms with van der Waals surface area (Å²) in [6.07, 6.45) is 0.538. The van der Waals surface area contributed by atoms with E-state index in [2.05, 4.69) is 89.7 Å². The summed E-state index contributed by atoms with van der Waals surface area (Å²) in [5.74, 6) is -21.2. The fourth-order valence-corrected chi connectivity index (χ4v) is 11.3. The molecule has 44 heteroatoms. The van der Waals surface area contributed by atoms with Crippen LogP contribution in [0.4, 0.5) is 0 Å². The largest absolute Gasteiger partial charge is 0.508 e. The molecule has 0 saturated carbocycles. The number of aromatic amines is 1. The average molecular weight is 1660 g/mol. The van der Waals surface area contributed by atoms with E-state index in [1.165, 1.54) is 92.2 Å². The van der Waals surface area contributed by atoms with E-state index in [1.54, 1.807) is 30.3 Å². The lowest BCUT2D eigenvalue weighted by Gasteiger charge is -2.30. The van der Waals surface area contributed by atoms with Crippen molar-refractivity contribution >= 4 is 107 Å². The summed E-state index contributed by atoms with van der Waals surface area (Å²) in [6, 6.07) is -7.90. The third-order valence-corrected chi connectivity index (χ3v) is 18.1. The van der Waals surface area contributed by atoms with Crippen molar-refractivity contribution < 1.29 is 107 Å². The number of phenolic OH excluding ortho intramolecular Hbond substituents is 1. The Kier molecular flexibility index (Phi) is 42.9. The van der Waals surface area contributed by atoms with Gasteiger partial charge in [0.2, 0.25) is 88.6 Å². The number of benzene rings is 2. The molecule has 14 atom stereocenters. The van der Waals surface area contributed by atoms with Crippen LogP contribution in [0.15, 0.2) is 67.1 Å². The van der Waals surface area contributed by atoms with E-state index in [-0.39, 0.29) is 69.0 Å². The van der Waals surface area contributed by atoms with Crippen LogP contribution in [0.3, 0.4) is 0 Å². The summed E-state index contributed by atoms with van der Waals surface area (Å²) in [7, 11) is 0. The molecule has 0 saturated heterocycles. The number of nitrogens with zero attached hydrogens (tertiary/aromatic N) is 1. The number of nitrogens with two attached hydrogens (primary N) is 4. The van der Waals surface area contributed by atoms with E-state index in [0.29, 0.717) is 24.0 Å². The van der Waals surface area contributed by atoms with Gasteiger partial charge in [0.1, 0.15) is 90.3 Å². The SMILES string of the molecule is CC(C)[C@H](NC(=O)[C@H](Cc1cnc[nH]1)NC(=O)[C@@H](NC(=O)[C@H](Cc1ccc(O)cc1)NC(=O)[C@H](CO)NC(=O)[C@@H](NC(=O)[C@H](CCC(=O)O)NC(=O)[C@H](C)NC(=O)[C@H](CCCNC(=N)N)NC(=O)[C@@H](N)CO)C(C)C)C(C)C)C(=O)N[C@@H](CC(N)=O)C(=O)NCC(=O)N[C@@H](C)C(=O)N[C@@H](CCCCN)C(=O)N[C@@H](Cc1ccccc1)C(=O)O. The van der Waals surface area contributed by atoms with E-state index in [9.17, 15) is 107 Å². The van der Waals surface area contributed by atoms with Gasteiger partial charge in [-0.3, -0.25) is 82.1 Å². The van der Waals surface area contributed by atoms with Gasteiger partial charge in [-0.15, -0.1) is 0 Å². The van der Waals surface area contributed by atoms with Gasteiger partial charge in [-0.2, -0.15) is 0 Å². The standard InChI is InChI=1S/C74H114N22O22/c1-36(2)57(95-67(111)49(27-42-19-21-44(99)22-20-42)89-69(113)53(34-98)93-72(116)59(38(5)6)94-66(110)48(23-24-56(102)103)87-61(105)40(8)85-64(108)47(18-14-26-81-74(78)79)88-62(106)45(76)33-97)70(114)90-50(29-43-31-80-35-83-43)68(112)96-58(37(3)4)71(115)91-51(30-54(77)100)63(107)82-32-55(101)84-39(7)60(104)86-46(17-12-13-25-75)65(109)92-52(73(117)118)28-41-15-10-9-11-16-41/h9-11,15-16,19-22,31,35-40,45-53,57-59,97-99H,12-14,17-18,23-30,32-34,75-76H2,1-8H3,(H2,77,100)(H,80,83)(H,82,107)(H,84,101)(H,85,108)(H,86,104)(H,87,105)(H,88,106)(H,89,113)(H,90,114)(H,91,115)(H,92,109)(H,93,116)(H,94,110)(H,95,111)(H,96,112)(H,102,103)(H,117,118)(H4,78,79,81)/t39-,40-,45-,46-,47-,48-,49-,50-,51-,52-,53-,57-,58-,59-/m0/s1. The van der Waals surface area contributed by atoms with Crippen LogP contribution in [0.1, 0.15) is 124 Å². The maximum absolute atomic E-state index is 14.7.